The summed E-state index contributed by atoms with van der Waals surface area (Å²) in [6, 6.07) is 0. The number of nitrogens with zero attached hydrogens (tertiary/aromatic N) is 1. The van der Waals surface area contributed by atoms with E-state index in [-0.39, 0.29) is 5.92 Å². The van der Waals surface area contributed by atoms with Crippen LogP contribution in [0.3, 0.4) is 0 Å². The predicted molar refractivity (Wildman–Crippen MR) is 83.0 cm³/mol. The molecule has 2 rings (SSSR count). The summed E-state index contributed by atoms with van der Waals surface area (Å²) in [4.78, 5) is 16.7. The summed E-state index contributed by atoms with van der Waals surface area (Å²) in [6.07, 6.45) is 1.44. The van der Waals surface area contributed by atoms with Gasteiger partial charge in [-0.3, -0.25) is 4.79 Å². The number of rotatable bonds is 7. The first kappa shape index (κ1) is 20.2. The third kappa shape index (κ3) is 3.53. The van der Waals surface area contributed by atoms with Crippen LogP contribution in [0.4, 0.5) is 17.6 Å². The van der Waals surface area contributed by atoms with E-state index in [0.717, 1.165) is 7.11 Å². The van der Waals surface area contributed by atoms with Gasteiger partial charge in [0, 0.05) is 19.2 Å². The van der Waals surface area contributed by atoms with E-state index in [9.17, 15) is 22.4 Å². The van der Waals surface area contributed by atoms with E-state index in [1.807, 2.05) is 0 Å². The van der Waals surface area contributed by atoms with Crippen molar-refractivity contribution in [3.05, 3.63) is 34.4 Å². The first-order valence-corrected chi connectivity index (χ1v) is 7.74. The molecule has 5 nitrogen and oxygen atoms in total. The van der Waals surface area contributed by atoms with Gasteiger partial charge in [0.25, 0.3) is 0 Å². The van der Waals surface area contributed by atoms with Crippen LogP contribution in [0.5, 0.6) is 0 Å². The molecule has 1 aliphatic rings. The maximum atomic E-state index is 14.0. The quantitative estimate of drug-likeness (QED) is 0.240. The van der Waals surface area contributed by atoms with Crippen molar-refractivity contribution in [2.45, 2.75) is 27.1 Å². The normalized spacial score (nSPS) is 21.1. The minimum absolute atomic E-state index is 0.276. The number of hydrogen-bond acceptors (Lipinski definition) is 5. The van der Waals surface area contributed by atoms with Crippen molar-refractivity contribution in [3.63, 3.8) is 0 Å². The Morgan fingerprint density at radius 1 is 1.04 bits per heavy atom. The number of oxime groups is 1. The van der Waals surface area contributed by atoms with Crippen LogP contribution in [-0.2, 0) is 32.3 Å². The highest BCUT2D eigenvalue weighted by Gasteiger charge is 2.62. The minimum Gasteiger partial charge on any atom is -0.460 e. The van der Waals surface area contributed by atoms with Crippen LogP contribution in [0.1, 0.15) is 25.0 Å². The molecule has 2 atom stereocenters. The van der Waals surface area contributed by atoms with Gasteiger partial charge in [-0.25, -0.2) is 17.6 Å². The second-order valence-corrected chi connectivity index (χ2v) is 6.52. The number of benzene rings is 1. The van der Waals surface area contributed by atoms with Crippen LogP contribution < -0.4 is 0 Å². The fourth-order valence-electron chi connectivity index (χ4n) is 2.89. The van der Waals surface area contributed by atoms with Gasteiger partial charge in [-0.2, -0.15) is 0 Å². The lowest BCUT2D eigenvalue weighted by molar-refractivity contribution is -0.147. The maximum absolute atomic E-state index is 14.0. The van der Waals surface area contributed by atoms with E-state index < -0.39 is 64.9 Å². The maximum Gasteiger partial charge on any atom is 0.310 e. The van der Waals surface area contributed by atoms with Gasteiger partial charge in [0.15, 0.2) is 23.3 Å². The molecule has 0 aromatic heterocycles. The molecule has 1 fully saturated rings. The Bertz CT molecular complexity index is 707. The summed E-state index contributed by atoms with van der Waals surface area (Å²) in [6.45, 7) is 2.00. The number of hydrogen-bond donors (Lipinski definition) is 0. The van der Waals surface area contributed by atoms with Crippen LogP contribution in [0.25, 0.3) is 0 Å². The summed E-state index contributed by atoms with van der Waals surface area (Å²) in [5.74, 6) is -8.00. The van der Waals surface area contributed by atoms with E-state index in [0.29, 0.717) is 0 Å². The van der Waals surface area contributed by atoms with Crippen molar-refractivity contribution in [3.8, 4) is 0 Å². The Hall–Kier alpha value is -2.16. The van der Waals surface area contributed by atoms with Crippen LogP contribution in [0.2, 0.25) is 0 Å². The van der Waals surface area contributed by atoms with Crippen LogP contribution in [-0.4, -0.2) is 26.4 Å². The van der Waals surface area contributed by atoms with Gasteiger partial charge in [0.1, 0.15) is 13.7 Å². The summed E-state index contributed by atoms with van der Waals surface area (Å²) in [5, 5.41) is 3.60. The van der Waals surface area contributed by atoms with Crippen LogP contribution in [0.15, 0.2) is 5.16 Å². The van der Waals surface area contributed by atoms with E-state index in [2.05, 4.69) is 14.7 Å². The Morgan fingerprint density at radius 2 is 1.54 bits per heavy atom. The lowest BCUT2D eigenvalue weighted by Crippen LogP contribution is -2.15. The smallest absolute Gasteiger partial charge is 0.310 e. The molecule has 144 valence electrons. The molecule has 0 N–H and O–H groups in total. The number of esters is 1. The molecule has 0 amide bonds. The van der Waals surface area contributed by atoms with E-state index in [1.54, 1.807) is 13.8 Å². The van der Waals surface area contributed by atoms with Gasteiger partial charge >= 0.3 is 5.97 Å². The molecule has 0 aliphatic heterocycles. The second-order valence-electron chi connectivity index (χ2n) is 6.52. The zero-order valence-electron chi connectivity index (χ0n) is 14.7. The second kappa shape index (κ2) is 7.61. The number of carbonyl (C=O) groups excluding carboxylic acids is 1. The highest BCUT2D eigenvalue weighted by atomic mass is 19.2. The standard InChI is InChI=1S/C17H19F4NO4/c1-17(2)10(5-22-25-4)11(17)16(23)26-7-9-14(20)12(18)8(6-24-3)13(19)15(9)21/h5,10-11H,6-7H2,1-4H3. The fourth-order valence-corrected chi connectivity index (χ4v) is 2.89. The van der Waals surface area contributed by atoms with Crippen molar-refractivity contribution in [1.29, 1.82) is 0 Å². The van der Waals surface area contributed by atoms with Crippen LogP contribution in [0, 0.1) is 40.5 Å². The molecular formula is C17H19F4NO4. The molecule has 1 saturated carbocycles. The summed E-state index contributed by atoms with van der Waals surface area (Å²) in [5.41, 5.74) is -2.33. The Kier molecular flexibility index (Phi) is 5.90. The molecule has 1 aliphatic carbocycles. The summed E-state index contributed by atoms with van der Waals surface area (Å²) >= 11 is 0. The minimum atomic E-state index is -1.61. The molecule has 0 heterocycles. The van der Waals surface area contributed by atoms with E-state index in [4.69, 9.17) is 4.74 Å². The Balaban J connectivity index is 2.15. The Labute approximate surface area is 147 Å². The number of methoxy groups -OCH3 is 1. The SMILES string of the molecule is COCc1c(F)c(F)c(COC(=O)C2C(C=NOC)C2(C)C)c(F)c1F. The molecule has 9 heteroatoms. The van der Waals surface area contributed by atoms with Gasteiger partial charge in [-0.1, -0.05) is 19.0 Å². The predicted octanol–water partition coefficient (Wildman–Crippen LogP) is 3.34. The monoisotopic (exact) mass is 377 g/mol. The lowest BCUT2D eigenvalue weighted by atomic mass is 10.1. The third-order valence-corrected chi connectivity index (χ3v) is 4.58. The highest BCUT2D eigenvalue weighted by Crippen LogP contribution is 2.57. The molecule has 1 aromatic rings. The first-order valence-electron chi connectivity index (χ1n) is 7.74. The topological polar surface area (TPSA) is 57.1 Å². The molecule has 0 radical (unpaired) electrons. The number of halogens is 4. The molecular weight excluding hydrogens is 358 g/mol. The molecule has 0 bridgehead atoms. The van der Waals surface area contributed by atoms with Crippen molar-refractivity contribution >= 4 is 12.2 Å². The molecule has 1 aromatic carbocycles. The average molecular weight is 377 g/mol. The number of ether oxygens (including phenoxy) is 2. The third-order valence-electron chi connectivity index (χ3n) is 4.58. The largest absolute Gasteiger partial charge is 0.460 e. The molecule has 2 unspecified atom stereocenters. The van der Waals surface area contributed by atoms with Crippen molar-refractivity contribution < 1.29 is 36.7 Å². The van der Waals surface area contributed by atoms with Crippen molar-refractivity contribution in [2.24, 2.45) is 22.4 Å². The lowest BCUT2D eigenvalue weighted by Gasteiger charge is -2.12. The van der Waals surface area contributed by atoms with Crippen molar-refractivity contribution in [1.82, 2.24) is 0 Å². The fraction of sp³-hybridized carbons (Fsp3) is 0.529. The van der Waals surface area contributed by atoms with Crippen molar-refractivity contribution in [2.75, 3.05) is 14.2 Å². The first-order chi connectivity index (χ1) is 12.2. The summed E-state index contributed by atoms with van der Waals surface area (Å²) < 4.78 is 65.2. The van der Waals surface area contributed by atoms with Gasteiger partial charge in [-0.15, -0.1) is 0 Å². The zero-order chi connectivity index (χ0) is 19.6. The van der Waals surface area contributed by atoms with Gasteiger partial charge < -0.3 is 14.3 Å². The summed E-state index contributed by atoms with van der Waals surface area (Å²) in [7, 11) is 2.48. The van der Waals surface area contributed by atoms with Crippen LogP contribution >= 0.6 is 0 Å². The molecule has 0 saturated heterocycles. The van der Waals surface area contributed by atoms with Gasteiger partial charge in [-0.05, 0) is 5.41 Å². The molecule has 26 heavy (non-hydrogen) atoms. The number of carbonyl (C=O) groups is 1. The van der Waals surface area contributed by atoms with E-state index in [1.165, 1.54) is 13.3 Å². The van der Waals surface area contributed by atoms with Gasteiger partial charge in [0.05, 0.1) is 23.7 Å². The van der Waals surface area contributed by atoms with E-state index >= 15 is 0 Å². The Morgan fingerprint density at radius 3 is 2.00 bits per heavy atom. The zero-order valence-corrected chi connectivity index (χ0v) is 14.7. The van der Waals surface area contributed by atoms with Gasteiger partial charge in [0.2, 0.25) is 0 Å². The molecule has 0 spiro atoms. The average Bonchev–Trinajstić information content (AvgIpc) is 3.15. The highest BCUT2D eigenvalue weighted by molar-refractivity contribution is 5.85.